The molecule has 14 heteroatoms. The van der Waals surface area contributed by atoms with E-state index in [9.17, 15) is 24.0 Å². The molecule has 4 aromatic rings. The van der Waals surface area contributed by atoms with Gasteiger partial charge in [0.25, 0.3) is 17.6 Å². The molecule has 0 saturated carbocycles. The van der Waals surface area contributed by atoms with Gasteiger partial charge in [-0.3, -0.25) is 24.0 Å². The number of aliphatic carboxylic acids is 1. The summed E-state index contributed by atoms with van der Waals surface area (Å²) in [6.07, 6.45) is 3.45. The molecule has 0 spiro atoms. The third-order valence-corrected chi connectivity index (χ3v) is 8.04. The van der Waals surface area contributed by atoms with Gasteiger partial charge < -0.3 is 43.8 Å². The van der Waals surface area contributed by atoms with Crippen LogP contribution in [0.25, 0.3) is 22.2 Å². The molecule has 1 aliphatic rings. The van der Waals surface area contributed by atoms with E-state index in [0.29, 0.717) is 40.3 Å². The van der Waals surface area contributed by atoms with E-state index < -0.39 is 17.7 Å². The quantitative estimate of drug-likeness (QED) is 0.0906. The molecule has 0 bridgehead atoms. The van der Waals surface area contributed by atoms with Crippen LogP contribution in [-0.4, -0.2) is 109 Å². The van der Waals surface area contributed by atoms with Crippen LogP contribution in [0.2, 0.25) is 0 Å². The Labute approximate surface area is 281 Å². The lowest BCUT2D eigenvalue weighted by Gasteiger charge is -2.34. The Kier molecular flexibility index (Phi) is 11.7. The summed E-state index contributed by atoms with van der Waals surface area (Å²) in [6, 6.07) is 13.9. The molecular formula is C35H38N4O10. The highest BCUT2D eigenvalue weighted by Gasteiger charge is 2.31. The number of carboxylic acid groups (broad SMARTS) is 1. The van der Waals surface area contributed by atoms with Crippen LogP contribution < -0.4 is 14.8 Å². The number of aromatic amines is 1. The standard InChI is InChI=1S/C35H38N4O10/c1-46-28-11-10-25(27-7-4-17-49-27)32-31(28)26(22-37-32)33(43)35(45)39-15-13-38(14-16-39)34(44)23-5-2-6-24(21-23)48-20-19-47-18-12-36-29(40)8-3-9-30(41)42/h2,4-7,10-11,17,21-22,37H,3,8-9,12-16,18-20H2,1H3,(H,36,40)(H,41,42). The summed E-state index contributed by atoms with van der Waals surface area (Å²) in [5.74, 6) is -1.16. The largest absolute Gasteiger partial charge is 0.496 e. The monoisotopic (exact) mass is 674 g/mol. The van der Waals surface area contributed by atoms with E-state index >= 15 is 0 Å². The molecule has 0 aliphatic carbocycles. The smallest absolute Gasteiger partial charge is 0.303 e. The van der Waals surface area contributed by atoms with Gasteiger partial charge in [-0.2, -0.15) is 0 Å². The number of carbonyl (C=O) groups is 5. The molecule has 1 saturated heterocycles. The number of benzene rings is 2. The molecule has 49 heavy (non-hydrogen) atoms. The molecule has 0 radical (unpaired) electrons. The number of nitrogens with zero attached hydrogens (tertiary/aromatic N) is 2. The van der Waals surface area contributed by atoms with Crippen molar-refractivity contribution in [1.29, 1.82) is 0 Å². The predicted molar refractivity (Wildman–Crippen MR) is 177 cm³/mol. The van der Waals surface area contributed by atoms with Crippen molar-refractivity contribution >= 4 is 40.4 Å². The first-order chi connectivity index (χ1) is 23.8. The van der Waals surface area contributed by atoms with Crippen LogP contribution in [0.1, 0.15) is 40.0 Å². The third-order valence-electron chi connectivity index (χ3n) is 8.04. The van der Waals surface area contributed by atoms with Crippen LogP contribution in [0, 0.1) is 0 Å². The van der Waals surface area contributed by atoms with Crippen LogP contribution in [0.3, 0.4) is 0 Å². The lowest BCUT2D eigenvalue weighted by molar-refractivity contribution is -0.137. The normalized spacial score (nSPS) is 12.9. The minimum Gasteiger partial charge on any atom is -0.496 e. The number of rotatable bonds is 16. The van der Waals surface area contributed by atoms with Gasteiger partial charge in [0.15, 0.2) is 0 Å². The summed E-state index contributed by atoms with van der Waals surface area (Å²) in [5.41, 5.74) is 1.97. The van der Waals surface area contributed by atoms with Gasteiger partial charge in [0.05, 0.1) is 43.1 Å². The van der Waals surface area contributed by atoms with Gasteiger partial charge >= 0.3 is 5.97 Å². The Balaban J connectivity index is 1.08. The average molecular weight is 675 g/mol. The number of Topliss-reactive ketones (excluding diaryl/α,β-unsaturated/α-hetero) is 1. The average Bonchev–Trinajstić information content (AvgIpc) is 3.81. The first kappa shape index (κ1) is 34.7. The van der Waals surface area contributed by atoms with E-state index in [1.165, 1.54) is 18.2 Å². The zero-order chi connectivity index (χ0) is 34.8. The van der Waals surface area contributed by atoms with Gasteiger partial charge in [-0.1, -0.05) is 6.07 Å². The minimum absolute atomic E-state index is 0.0485. The molecule has 14 nitrogen and oxygen atoms in total. The molecule has 2 aromatic carbocycles. The molecule has 2 aromatic heterocycles. The fourth-order valence-corrected chi connectivity index (χ4v) is 5.55. The number of H-pyrrole nitrogens is 1. The summed E-state index contributed by atoms with van der Waals surface area (Å²) in [5, 5.41) is 11.8. The van der Waals surface area contributed by atoms with Crippen molar-refractivity contribution < 1.29 is 47.7 Å². The van der Waals surface area contributed by atoms with Crippen LogP contribution >= 0.6 is 0 Å². The zero-order valence-electron chi connectivity index (χ0n) is 27.1. The first-order valence-electron chi connectivity index (χ1n) is 15.9. The Morgan fingerprint density at radius 1 is 0.939 bits per heavy atom. The Morgan fingerprint density at radius 3 is 2.47 bits per heavy atom. The van der Waals surface area contributed by atoms with Crippen LogP contribution in [0.4, 0.5) is 0 Å². The molecule has 1 aliphatic heterocycles. The van der Waals surface area contributed by atoms with Gasteiger partial charge in [0.1, 0.15) is 23.9 Å². The summed E-state index contributed by atoms with van der Waals surface area (Å²) in [6.45, 7) is 1.97. The van der Waals surface area contributed by atoms with E-state index in [4.69, 9.17) is 23.7 Å². The van der Waals surface area contributed by atoms with Crippen molar-refractivity contribution in [2.24, 2.45) is 0 Å². The van der Waals surface area contributed by atoms with E-state index in [1.54, 1.807) is 53.6 Å². The molecule has 258 valence electrons. The number of carbonyl (C=O) groups excluding carboxylic acids is 4. The number of amides is 3. The van der Waals surface area contributed by atoms with Gasteiger partial charge in [0.2, 0.25) is 5.91 Å². The number of furan rings is 1. The van der Waals surface area contributed by atoms with E-state index in [-0.39, 0.29) is 82.6 Å². The van der Waals surface area contributed by atoms with E-state index in [1.807, 2.05) is 6.07 Å². The maximum Gasteiger partial charge on any atom is 0.303 e. The summed E-state index contributed by atoms with van der Waals surface area (Å²) in [4.78, 5) is 68.5. The molecule has 3 N–H and O–H groups in total. The number of nitrogens with one attached hydrogen (secondary N) is 2. The molecule has 5 rings (SSSR count). The fourth-order valence-electron chi connectivity index (χ4n) is 5.55. The van der Waals surface area contributed by atoms with Crippen LogP contribution in [0.15, 0.2) is 65.4 Å². The number of carboxylic acids is 1. The van der Waals surface area contributed by atoms with Gasteiger partial charge in [-0.25, -0.2) is 0 Å². The van der Waals surface area contributed by atoms with Crippen molar-refractivity contribution in [3.63, 3.8) is 0 Å². The number of methoxy groups -OCH3 is 1. The van der Waals surface area contributed by atoms with Crippen molar-refractivity contribution in [2.75, 3.05) is 59.7 Å². The number of piperazine rings is 1. The maximum atomic E-state index is 13.5. The second kappa shape index (κ2) is 16.5. The van der Waals surface area contributed by atoms with E-state index in [0.717, 1.165) is 5.56 Å². The highest BCUT2D eigenvalue weighted by Crippen LogP contribution is 2.36. The predicted octanol–water partition coefficient (Wildman–Crippen LogP) is 3.37. The van der Waals surface area contributed by atoms with Gasteiger partial charge in [0, 0.05) is 62.9 Å². The summed E-state index contributed by atoms with van der Waals surface area (Å²) < 4.78 is 22.3. The van der Waals surface area contributed by atoms with Crippen molar-refractivity contribution in [3.8, 4) is 22.8 Å². The molecule has 3 heterocycles. The number of hydrogen-bond donors (Lipinski definition) is 3. The lowest BCUT2D eigenvalue weighted by atomic mass is 10.0. The Morgan fingerprint density at radius 2 is 1.73 bits per heavy atom. The SMILES string of the molecule is COc1ccc(-c2ccco2)c2[nH]cc(C(=O)C(=O)N3CCN(C(=O)c4cccc(OCCOCCNC(=O)CCCC(=O)O)c4)CC3)c12. The summed E-state index contributed by atoms with van der Waals surface area (Å²) >= 11 is 0. The second-order valence-corrected chi connectivity index (χ2v) is 11.2. The van der Waals surface area contributed by atoms with Gasteiger partial charge in [-0.15, -0.1) is 0 Å². The maximum absolute atomic E-state index is 13.5. The van der Waals surface area contributed by atoms with Crippen LogP contribution in [-0.2, 0) is 19.1 Å². The van der Waals surface area contributed by atoms with E-state index in [2.05, 4.69) is 10.3 Å². The molecule has 1 fully saturated rings. The first-order valence-corrected chi connectivity index (χ1v) is 15.9. The molecule has 0 atom stereocenters. The number of fused-ring (bicyclic) bond motifs is 1. The van der Waals surface area contributed by atoms with Crippen molar-refractivity contribution in [1.82, 2.24) is 20.1 Å². The Hall–Kier alpha value is -5.63. The topological polar surface area (TPSA) is 181 Å². The number of ketones is 1. The highest BCUT2D eigenvalue weighted by molar-refractivity contribution is 6.45. The molecule has 3 amide bonds. The lowest BCUT2D eigenvalue weighted by Crippen LogP contribution is -2.52. The van der Waals surface area contributed by atoms with Crippen molar-refractivity contribution in [2.45, 2.75) is 19.3 Å². The Bertz CT molecular complexity index is 1790. The second-order valence-electron chi connectivity index (χ2n) is 11.2. The third kappa shape index (κ3) is 8.65. The molecule has 0 unspecified atom stereocenters. The summed E-state index contributed by atoms with van der Waals surface area (Å²) in [7, 11) is 1.50. The number of aromatic nitrogens is 1. The number of hydrogen-bond acceptors (Lipinski definition) is 9. The van der Waals surface area contributed by atoms with Crippen LogP contribution in [0.5, 0.6) is 11.5 Å². The number of ether oxygens (including phenoxy) is 3. The fraction of sp³-hybridized carbons (Fsp3) is 0.343. The van der Waals surface area contributed by atoms with Crippen molar-refractivity contribution in [3.05, 3.63) is 72.1 Å². The highest BCUT2D eigenvalue weighted by atomic mass is 16.5. The zero-order valence-corrected chi connectivity index (χ0v) is 27.1. The molecular weight excluding hydrogens is 636 g/mol. The van der Waals surface area contributed by atoms with Gasteiger partial charge in [-0.05, 0) is 48.9 Å². The minimum atomic E-state index is -0.932.